The first-order valence-electron chi connectivity index (χ1n) is 6.91. The second-order valence-electron chi connectivity index (χ2n) is 4.75. The van der Waals surface area contributed by atoms with Crippen molar-refractivity contribution in [3.8, 4) is 0 Å². The molecule has 0 saturated carbocycles. The Labute approximate surface area is 136 Å². The Balaban J connectivity index is 1.44. The van der Waals surface area contributed by atoms with Crippen molar-refractivity contribution >= 4 is 34.7 Å². The number of urea groups is 1. The molecule has 3 rings (SSSR count). The summed E-state index contributed by atoms with van der Waals surface area (Å²) in [6.07, 6.45) is -0.377. The average molecular weight is 330 g/mol. The molecule has 23 heavy (non-hydrogen) atoms. The molecule has 8 heteroatoms. The minimum Gasteiger partial charge on any atom is -0.382 e. The first-order valence-corrected chi connectivity index (χ1v) is 7.79. The summed E-state index contributed by atoms with van der Waals surface area (Å²) >= 11 is 1.53. The van der Waals surface area contributed by atoms with Gasteiger partial charge in [0, 0.05) is 12.1 Å². The van der Waals surface area contributed by atoms with E-state index in [-0.39, 0.29) is 0 Å². The number of nitrogens with one attached hydrogen (secondary N) is 3. The van der Waals surface area contributed by atoms with Gasteiger partial charge >= 0.3 is 6.03 Å². The lowest BCUT2D eigenvalue weighted by atomic mass is 10.1. The van der Waals surface area contributed by atoms with E-state index in [4.69, 9.17) is 4.84 Å². The highest BCUT2D eigenvalue weighted by molar-refractivity contribution is 7.12. The van der Waals surface area contributed by atoms with Gasteiger partial charge in [0.15, 0.2) is 0 Å². The zero-order valence-corrected chi connectivity index (χ0v) is 12.8. The summed E-state index contributed by atoms with van der Waals surface area (Å²) in [4.78, 5) is 29.7. The predicted octanol–water partition coefficient (Wildman–Crippen LogP) is 2.09. The SMILES string of the molecule is O=C(NNC(=O)[C@H]1CC(c2cccs2)=NO1)Nc1ccccc1. The maximum atomic E-state index is 12.0. The van der Waals surface area contributed by atoms with Crippen molar-refractivity contribution in [3.63, 3.8) is 0 Å². The molecule has 1 aromatic carbocycles. The van der Waals surface area contributed by atoms with Gasteiger partial charge in [-0.1, -0.05) is 29.4 Å². The van der Waals surface area contributed by atoms with E-state index in [1.807, 2.05) is 23.6 Å². The number of benzene rings is 1. The molecule has 3 amide bonds. The highest BCUT2D eigenvalue weighted by Gasteiger charge is 2.29. The van der Waals surface area contributed by atoms with E-state index in [1.54, 1.807) is 24.3 Å². The summed E-state index contributed by atoms with van der Waals surface area (Å²) in [6.45, 7) is 0. The van der Waals surface area contributed by atoms with Crippen LogP contribution in [0.2, 0.25) is 0 Å². The Morgan fingerprint density at radius 2 is 1.96 bits per heavy atom. The molecule has 0 spiro atoms. The maximum Gasteiger partial charge on any atom is 0.337 e. The standard InChI is InChI=1S/C15H14N4O3S/c20-14(12-9-11(19-22-12)13-7-4-8-23-13)17-18-15(21)16-10-5-2-1-3-6-10/h1-8,12H,9H2,(H,17,20)(H2,16,18,21)/t12-/m1/s1. The van der Waals surface area contributed by atoms with E-state index in [0.29, 0.717) is 12.1 Å². The molecule has 3 N–H and O–H groups in total. The number of hydrazine groups is 1. The number of hydrogen-bond acceptors (Lipinski definition) is 5. The number of rotatable bonds is 3. The summed E-state index contributed by atoms with van der Waals surface area (Å²) in [5, 5.41) is 8.43. The Hall–Kier alpha value is -2.87. The molecule has 0 aliphatic carbocycles. The molecule has 0 bridgehead atoms. The smallest absolute Gasteiger partial charge is 0.337 e. The van der Waals surface area contributed by atoms with Crippen LogP contribution in [-0.2, 0) is 9.63 Å². The van der Waals surface area contributed by atoms with Crippen LogP contribution in [-0.4, -0.2) is 23.8 Å². The van der Waals surface area contributed by atoms with Gasteiger partial charge in [0.25, 0.3) is 5.91 Å². The number of para-hydroxylation sites is 1. The maximum absolute atomic E-state index is 12.0. The quantitative estimate of drug-likeness (QED) is 0.753. The van der Waals surface area contributed by atoms with Gasteiger partial charge in [0.2, 0.25) is 6.10 Å². The molecule has 1 aliphatic heterocycles. The van der Waals surface area contributed by atoms with Crippen LogP contribution in [0.1, 0.15) is 11.3 Å². The van der Waals surface area contributed by atoms with Crippen molar-refractivity contribution in [2.45, 2.75) is 12.5 Å². The van der Waals surface area contributed by atoms with Crippen molar-refractivity contribution in [1.82, 2.24) is 10.9 Å². The molecule has 7 nitrogen and oxygen atoms in total. The Morgan fingerprint density at radius 3 is 2.70 bits per heavy atom. The topological polar surface area (TPSA) is 91.8 Å². The molecular formula is C15H14N4O3S. The summed E-state index contributed by atoms with van der Waals surface area (Å²) in [7, 11) is 0. The van der Waals surface area contributed by atoms with E-state index < -0.39 is 18.0 Å². The lowest BCUT2D eigenvalue weighted by Gasteiger charge is -2.11. The number of carbonyl (C=O) groups is 2. The Kier molecular flexibility index (Phi) is 4.53. The molecule has 0 saturated heterocycles. The highest BCUT2D eigenvalue weighted by Crippen LogP contribution is 2.20. The van der Waals surface area contributed by atoms with Gasteiger partial charge in [-0.3, -0.25) is 10.2 Å². The molecule has 2 aromatic rings. The number of nitrogens with zero attached hydrogens (tertiary/aromatic N) is 1. The highest BCUT2D eigenvalue weighted by atomic mass is 32.1. The lowest BCUT2D eigenvalue weighted by molar-refractivity contribution is -0.131. The molecule has 118 valence electrons. The van der Waals surface area contributed by atoms with Crippen LogP contribution < -0.4 is 16.2 Å². The summed E-state index contributed by atoms with van der Waals surface area (Å²) in [6, 6.07) is 12.2. The van der Waals surface area contributed by atoms with Crippen LogP contribution in [0.15, 0.2) is 53.0 Å². The molecular weight excluding hydrogens is 316 g/mol. The van der Waals surface area contributed by atoms with E-state index in [9.17, 15) is 9.59 Å². The van der Waals surface area contributed by atoms with Gasteiger partial charge in [-0.25, -0.2) is 10.2 Å². The third kappa shape index (κ3) is 3.86. The van der Waals surface area contributed by atoms with Crippen LogP contribution >= 0.6 is 11.3 Å². The van der Waals surface area contributed by atoms with Crippen LogP contribution in [0, 0.1) is 0 Å². The van der Waals surface area contributed by atoms with Gasteiger partial charge in [0.1, 0.15) is 5.71 Å². The van der Waals surface area contributed by atoms with Crippen molar-refractivity contribution in [1.29, 1.82) is 0 Å². The fourth-order valence-corrected chi connectivity index (χ4v) is 2.71. The molecule has 0 fully saturated rings. The van der Waals surface area contributed by atoms with Gasteiger partial charge in [-0.05, 0) is 23.6 Å². The monoisotopic (exact) mass is 330 g/mol. The molecule has 2 heterocycles. The second kappa shape index (κ2) is 6.93. The van der Waals surface area contributed by atoms with Crippen LogP contribution in [0.4, 0.5) is 10.5 Å². The fraction of sp³-hybridized carbons (Fsp3) is 0.133. The number of anilines is 1. The van der Waals surface area contributed by atoms with Crippen molar-refractivity contribution < 1.29 is 14.4 Å². The molecule has 0 radical (unpaired) electrons. The summed E-state index contributed by atoms with van der Waals surface area (Å²) < 4.78 is 0. The minimum atomic E-state index is -0.746. The zero-order chi connectivity index (χ0) is 16.1. The number of hydrogen-bond donors (Lipinski definition) is 3. The van der Waals surface area contributed by atoms with Gasteiger partial charge in [-0.2, -0.15) is 0 Å². The lowest BCUT2D eigenvalue weighted by Crippen LogP contribution is -2.48. The van der Waals surface area contributed by atoms with Crippen LogP contribution in [0.3, 0.4) is 0 Å². The number of thiophene rings is 1. The largest absolute Gasteiger partial charge is 0.382 e. The van der Waals surface area contributed by atoms with Gasteiger partial charge in [-0.15, -0.1) is 11.3 Å². The van der Waals surface area contributed by atoms with Crippen molar-refractivity contribution in [3.05, 3.63) is 52.7 Å². The normalized spacial score (nSPS) is 16.2. The zero-order valence-electron chi connectivity index (χ0n) is 12.0. The van der Waals surface area contributed by atoms with Gasteiger partial charge in [0.05, 0.1) is 4.88 Å². The van der Waals surface area contributed by atoms with Gasteiger partial charge < -0.3 is 10.2 Å². The Bertz CT molecular complexity index is 716. The third-order valence-corrected chi connectivity index (χ3v) is 4.02. The number of amides is 3. The van der Waals surface area contributed by atoms with E-state index in [2.05, 4.69) is 21.3 Å². The third-order valence-electron chi connectivity index (χ3n) is 3.10. The summed E-state index contributed by atoms with van der Waals surface area (Å²) in [5.74, 6) is -0.455. The Morgan fingerprint density at radius 1 is 1.13 bits per heavy atom. The van der Waals surface area contributed by atoms with Crippen molar-refractivity contribution in [2.75, 3.05) is 5.32 Å². The first-order chi connectivity index (χ1) is 11.2. The molecule has 1 atom stereocenters. The van der Waals surface area contributed by atoms with E-state index >= 15 is 0 Å². The second-order valence-corrected chi connectivity index (χ2v) is 5.70. The predicted molar refractivity (Wildman–Crippen MR) is 87.1 cm³/mol. The minimum absolute atomic E-state index is 0.369. The molecule has 0 unspecified atom stereocenters. The van der Waals surface area contributed by atoms with E-state index in [0.717, 1.165) is 10.6 Å². The average Bonchev–Trinajstić information content (AvgIpc) is 3.24. The fourth-order valence-electron chi connectivity index (χ4n) is 1.99. The first kappa shape index (κ1) is 15.0. The molecule has 1 aromatic heterocycles. The number of oxime groups is 1. The molecule has 1 aliphatic rings. The summed E-state index contributed by atoms with van der Waals surface area (Å²) in [5.41, 5.74) is 5.95. The van der Waals surface area contributed by atoms with Crippen molar-refractivity contribution in [2.24, 2.45) is 5.16 Å². The van der Waals surface area contributed by atoms with Crippen LogP contribution in [0.25, 0.3) is 0 Å². The number of carbonyl (C=O) groups excluding carboxylic acids is 2. The van der Waals surface area contributed by atoms with Crippen LogP contribution in [0.5, 0.6) is 0 Å². The van der Waals surface area contributed by atoms with E-state index in [1.165, 1.54) is 11.3 Å².